The number of hydrogen-bond donors (Lipinski definition) is 4. The van der Waals surface area contributed by atoms with Crippen LogP contribution in [0.15, 0.2) is 0 Å². The fourth-order valence-electron chi connectivity index (χ4n) is 13.2. The molecule has 0 spiro atoms. The minimum atomic E-state index is 0.129. The Morgan fingerprint density at radius 1 is 0.182 bits per heavy atom. The van der Waals surface area contributed by atoms with E-state index >= 15 is 0 Å². The van der Waals surface area contributed by atoms with E-state index in [4.69, 9.17) is 0 Å². The molecule has 0 radical (unpaired) electrons. The molecule has 0 atom stereocenters. The Morgan fingerprint density at radius 2 is 0.307 bits per heavy atom. The average molecular weight is 1240 g/mol. The Hall–Kier alpha value is -2.12. The monoisotopic (exact) mass is 1240 g/mol. The lowest BCUT2D eigenvalue weighted by atomic mass is 9.85. The van der Waals surface area contributed by atoms with Crippen LogP contribution in [-0.2, 0) is 19.2 Å². The molecule has 0 heterocycles. The lowest BCUT2D eigenvalue weighted by Crippen LogP contribution is -2.27. The first-order valence-electron chi connectivity index (χ1n) is 40.4. The van der Waals surface area contributed by atoms with Gasteiger partial charge in [0.25, 0.3) is 0 Å². The van der Waals surface area contributed by atoms with Crippen LogP contribution in [0, 0.1) is 11.8 Å². The van der Waals surface area contributed by atoms with Gasteiger partial charge in [-0.1, -0.05) is 374 Å². The van der Waals surface area contributed by atoms with Gasteiger partial charge in [0.2, 0.25) is 23.6 Å². The molecule has 0 saturated heterocycles. The Kier molecular flexibility index (Phi) is 72.1. The van der Waals surface area contributed by atoms with E-state index in [2.05, 4.69) is 49.0 Å². The van der Waals surface area contributed by atoms with E-state index in [1.807, 2.05) is 0 Å². The molecule has 522 valence electrons. The lowest BCUT2D eigenvalue weighted by molar-refractivity contribution is -0.123. The molecule has 4 amide bonds. The molecule has 0 aliphatic carbocycles. The molecule has 0 aliphatic rings. The normalized spacial score (nSPS) is 11.6. The van der Waals surface area contributed by atoms with Crippen LogP contribution < -0.4 is 21.3 Å². The first-order valence-corrected chi connectivity index (χ1v) is 40.4. The zero-order valence-electron chi connectivity index (χ0n) is 60.3. The summed E-state index contributed by atoms with van der Waals surface area (Å²) in [6, 6.07) is 0. The summed E-state index contributed by atoms with van der Waals surface area (Å²) in [7, 11) is 0. The second kappa shape index (κ2) is 73.9. The van der Waals surface area contributed by atoms with Gasteiger partial charge in [0.05, 0.1) is 0 Å². The predicted octanol–water partition coefficient (Wildman–Crippen LogP) is 24.5. The third-order valence-corrected chi connectivity index (χ3v) is 19.5. The summed E-state index contributed by atoms with van der Waals surface area (Å²) >= 11 is 0. The number of amides is 4. The number of carbonyl (C=O) groups excluding carboxylic acids is 4. The standard InChI is InChI=1S/C80H158N4O4/c1-5-9-13-17-21-25-29-33-37-41-45-49-53-57-71-81-77(85)67-63-75(64-68-78(86)82-72-58-54-50-46-42-38-34-30-26-22-18-14-10-6-2)61-62-76(65-69-79(87)83-73-59-55-51-47-43-39-35-31-27-23-19-15-11-7-3)66-70-80(88)84-74-60-56-52-48-44-40-36-32-28-24-20-16-12-8-4/h75-76H,5-74H2,1-4H3,(H,81,85)(H,82,86)(H,83,87)(H,84,88). The van der Waals surface area contributed by atoms with Crippen LogP contribution in [0.1, 0.15) is 451 Å². The molecule has 0 saturated carbocycles. The molecule has 0 aliphatic heterocycles. The van der Waals surface area contributed by atoms with Gasteiger partial charge in [-0.05, 0) is 63.2 Å². The van der Waals surface area contributed by atoms with Gasteiger partial charge in [0.1, 0.15) is 0 Å². The van der Waals surface area contributed by atoms with Gasteiger partial charge in [-0.3, -0.25) is 19.2 Å². The highest BCUT2D eigenvalue weighted by Crippen LogP contribution is 2.28. The molecule has 0 fully saturated rings. The van der Waals surface area contributed by atoms with Crippen molar-refractivity contribution in [1.29, 1.82) is 0 Å². The molecule has 0 rings (SSSR count). The van der Waals surface area contributed by atoms with E-state index in [9.17, 15) is 19.2 Å². The van der Waals surface area contributed by atoms with Crippen molar-refractivity contribution >= 4 is 23.6 Å². The summed E-state index contributed by atoms with van der Waals surface area (Å²) in [5, 5.41) is 12.9. The third kappa shape index (κ3) is 69.8. The van der Waals surface area contributed by atoms with Crippen LogP contribution in [0.25, 0.3) is 0 Å². The second-order valence-electron chi connectivity index (χ2n) is 28.2. The molecule has 4 N–H and O–H groups in total. The van der Waals surface area contributed by atoms with Crippen molar-refractivity contribution in [3.8, 4) is 0 Å². The molecule has 0 bridgehead atoms. The van der Waals surface area contributed by atoms with Crippen molar-refractivity contribution in [3.63, 3.8) is 0 Å². The van der Waals surface area contributed by atoms with Crippen molar-refractivity contribution < 1.29 is 19.2 Å². The van der Waals surface area contributed by atoms with Gasteiger partial charge in [-0.2, -0.15) is 0 Å². The van der Waals surface area contributed by atoms with Crippen molar-refractivity contribution in [2.45, 2.75) is 451 Å². The van der Waals surface area contributed by atoms with Crippen LogP contribution in [0.2, 0.25) is 0 Å². The van der Waals surface area contributed by atoms with Gasteiger partial charge >= 0.3 is 0 Å². The Balaban J connectivity index is 5.24. The van der Waals surface area contributed by atoms with Crippen molar-refractivity contribution in [2.75, 3.05) is 26.2 Å². The number of unbranched alkanes of at least 4 members (excludes halogenated alkanes) is 52. The summed E-state index contributed by atoms with van der Waals surface area (Å²) in [4.78, 5) is 53.2. The maximum absolute atomic E-state index is 13.3. The van der Waals surface area contributed by atoms with Crippen LogP contribution in [0.4, 0.5) is 0 Å². The summed E-state index contributed by atoms with van der Waals surface area (Å²) < 4.78 is 0. The van der Waals surface area contributed by atoms with Gasteiger partial charge in [0.15, 0.2) is 0 Å². The van der Waals surface area contributed by atoms with Gasteiger partial charge in [-0.15, -0.1) is 0 Å². The molecule has 8 heteroatoms. The summed E-state index contributed by atoms with van der Waals surface area (Å²) in [5.41, 5.74) is 0. The Morgan fingerprint density at radius 3 is 0.443 bits per heavy atom. The zero-order chi connectivity index (χ0) is 63.8. The topological polar surface area (TPSA) is 116 Å². The highest BCUT2D eigenvalue weighted by Gasteiger charge is 2.19. The average Bonchev–Trinajstić information content (AvgIpc) is 3.54. The highest BCUT2D eigenvalue weighted by atomic mass is 16.2. The smallest absolute Gasteiger partial charge is 0.220 e. The van der Waals surface area contributed by atoms with E-state index < -0.39 is 0 Å². The fraction of sp³-hybridized carbons (Fsp3) is 0.950. The Bertz CT molecular complexity index is 1220. The SMILES string of the molecule is CCCCCCCCCCCCCCCCNC(=O)CCC(CCC(=O)NCCCCCCCCCCCCCCCC)CCC(CCC(=O)NCCCCCCCCCCCCCCCC)CCC(=O)NCCCCCCCCCCCCCCCC. The minimum Gasteiger partial charge on any atom is -0.356 e. The van der Waals surface area contributed by atoms with Gasteiger partial charge < -0.3 is 21.3 Å². The minimum absolute atomic E-state index is 0.129. The van der Waals surface area contributed by atoms with Crippen LogP contribution in [0.3, 0.4) is 0 Å². The van der Waals surface area contributed by atoms with E-state index in [1.54, 1.807) is 0 Å². The van der Waals surface area contributed by atoms with Gasteiger partial charge in [-0.25, -0.2) is 0 Å². The number of carbonyl (C=O) groups is 4. The third-order valence-electron chi connectivity index (χ3n) is 19.5. The maximum Gasteiger partial charge on any atom is 0.220 e. The van der Waals surface area contributed by atoms with E-state index in [0.717, 1.165) is 90.4 Å². The van der Waals surface area contributed by atoms with Crippen molar-refractivity contribution in [1.82, 2.24) is 21.3 Å². The van der Waals surface area contributed by atoms with E-state index in [0.29, 0.717) is 25.7 Å². The molecule has 0 aromatic rings. The first kappa shape index (κ1) is 85.9. The second-order valence-corrected chi connectivity index (χ2v) is 28.2. The van der Waals surface area contributed by atoms with Crippen LogP contribution in [-0.4, -0.2) is 49.8 Å². The van der Waals surface area contributed by atoms with Crippen molar-refractivity contribution in [2.24, 2.45) is 11.8 Å². The molecule has 0 aromatic carbocycles. The van der Waals surface area contributed by atoms with E-state index in [1.165, 1.54) is 334 Å². The molecule has 0 unspecified atom stereocenters. The predicted molar refractivity (Wildman–Crippen MR) is 386 cm³/mol. The largest absolute Gasteiger partial charge is 0.356 e. The van der Waals surface area contributed by atoms with Crippen molar-refractivity contribution in [3.05, 3.63) is 0 Å². The van der Waals surface area contributed by atoms with Crippen LogP contribution >= 0.6 is 0 Å². The summed E-state index contributed by atoms with van der Waals surface area (Å²) in [6.45, 7) is 12.1. The number of hydrogen-bond acceptors (Lipinski definition) is 4. The lowest BCUT2D eigenvalue weighted by Gasteiger charge is -2.22. The molecular formula is C80H158N4O4. The molecule has 88 heavy (non-hydrogen) atoms. The number of rotatable bonds is 75. The van der Waals surface area contributed by atoms with Crippen LogP contribution in [0.5, 0.6) is 0 Å². The molecule has 0 aromatic heterocycles. The zero-order valence-corrected chi connectivity index (χ0v) is 60.3. The summed E-state index contributed by atoms with van der Waals surface area (Å²) in [5.74, 6) is 0.997. The maximum atomic E-state index is 13.3. The number of nitrogens with one attached hydrogen (secondary N) is 4. The highest BCUT2D eigenvalue weighted by molar-refractivity contribution is 5.77. The molecular weight excluding hydrogens is 1080 g/mol. The quantitative estimate of drug-likeness (QED) is 0.0454. The van der Waals surface area contributed by atoms with E-state index in [-0.39, 0.29) is 35.5 Å². The summed E-state index contributed by atoms with van der Waals surface area (Å²) in [6.07, 6.45) is 81.1. The van der Waals surface area contributed by atoms with Gasteiger partial charge in [0, 0.05) is 51.9 Å². The molecule has 8 nitrogen and oxygen atoms in total. The Labute approximate surface area is 550 Å². The fourth-order valence-corrected chi connectivity index (χ4v) is 13.2. The first-order chi connectivity index (χ1) is 43.4.